The van der Waals surface area contributed by atoms with Crippen LogP contribution in [0.25, 0.3) is 0 Å². The Bertz CT molecular complexity index is 1370. The smallest absolute Gasteiger partial charge is 0.375 e. The fourth-order valence-electron chi connectivity index (χ4n) is 4.03. The van der Waals surface area contributed by atoms with Crippen molar-refractivity contribution < 1.29 is 22.2 Å². The molecule has 4 rings (SSSR count). The van der Waals surface area contributed by atoms with Gasteiger partial charge in [0.2, 0.25) is 5.91 Å². The Hall–Kier alpha value is -3.19. The number of anilines is 2. The summed E-state index contributed by atoms with van der Waals surface area (Å²) in [5, 5.41) is 3.45. The van der Waals surface area contributed by atoms with Crippen LogP contribution in [-0.4, -0.2) is 25.7 Å². The molecule has 36 heavy (non-hydrogen) atoms. The van der Waals surface area contributed by atoms with Crippen molar-refractivity contribution in [3.8, 4) is 0 Å². The van der Waals surface area contributed by atoms with Crippen molar-refractivity contribution in [3.05, 3.63) is 74.1 Å². The normalized spacial score (nSPS) is 16.3. The van der Waals surface area contributed by atoms with Crippen molar-refractivity contribution in [1.29, 1.82) is 0 Å². The van der Waals surface area contributed by atoms with Crippen LogP contribution in [0, 0.1) is 6.92 Å². The number of alkyl halides is 3. The summed E-state index contributed by atoms with van der Waals surface area (Å²) < 4.78 is 55.2. The molecule has 1 aliphatic rings. The Kier molecular flexibility index (Phi) is 7.50. The van der Waals surface area contributed by atoms with Crippen LogP contribution in [0.2, 0.25) is 0 Å². The molecule has 3 aromatic rings. The van der Waals surface area contributed by atoms with Gasteiger partial charge in [0.15, 0.2) is 5.13 Å². The number of fused-ring (bicyclic) bond motifs is 1. The molecule has 0 fully saturated rings. The van der Waals surface area contributed by atoms with Gasteiger partial charge in [-0.3, -0.25) is 14.3 Å². The number of carbonyl (C=O) groups is 1. The summed E-state index contributed by atoms with van der Waals surface area (Å²) in [5.41, 5.74) is 6.07. The third kappa shape index (κ3) is 6.13. The first-order valence-electron chi connectivity index (χ1n) is 11.0. The zero-order valence-electron chi connectivity index (χ0n) is 19.2. The lowest BCUT2D eigenvalue weighted by Gasteiger charge is -2.23. The molecular formula is C23H24F3N5O3S2. The summed E-state index contributed by atoms with van der Waals surface area (Å²) in [6.07, 6.45) is -2.46. The molecule has 1 amide bonds. The van der Waals surface area contributed by atoms with E-state index in [1.165, 1.54) is 34.1 Å². The van der Waals surface area contributed by atoms with Crippen LogP contribution in [-0.2, 0) is 47.1 Å². The van der Waals surface area contributed by atoms with Crippen molar-refractivity contribution in [3.63, 3.8) is 0 Å². The number of rotatable bonds is 7. The second kappa shape index (κ2) is 10.4. The molecule has 2 heterocycles. The molecule has 0 spiro atoms. The minimum absolute atomic E-state index is 0.0128. The number of aromatic nitrogens is 2. The fraction of sp³-hybridized carbons (Fsp3) is 0.348. The standard InChI is InChI=1S/C23H24F3N5O3S2/c1-13-5-7-18(30-36(34)12-14-3-2-4-15(9-14)23(24,25)26)21(33)31(13)11-20(32)28-16-6-8-17-19(10-16)35-22(27)29-17/h2-5,7,9,16,30H,6,8,10-12H2,1H3,(H2,27,29)(H,28,32). The number of nitrogens with two attached hydrogens (primary N) is 1. The molecule has 0 aliphatic heterocycles. The Morgan fingerprint density at radius 2 is 2.08 bits per heavy atom. The van der Waals surface area contributed by atoms with Crippen molar-refractivity contribution in [2.75, 3.05) is 10.5 Å². The zero-order chi connectivity index (χ0) is 26.0. The molecule has 1 aromatic carbocycles. The van der Waals surface area contributed by atoms with Gasteiger partial charge >= 0.3 is 6.18 Å². The average Bonchev–Trinajstić information content (AvgIpc) is 3.17. The molecule has 2 atom stereocenters. The van der Waals surface area contributed by atoms with Gasteiger partial charge in [0.1, 0.15) is 23.2 Å². The largest absolute Gasteiger partial charge is 0.416 e. The van der Waals surface area contributed by atoms with Gasteiger partial charge in [-0.25, -0.2) is 9.19 Å². The van der Waals surface area contributed by atoms with Crippen LogP contribution >= 0.6 is 11.3 Å². The molecule has 0 saturated heterocycles. The lowest BCUT2D eigenvalue weighted by Crippen LogP contribution is -2.42. The highest BCUT2D eigenvalue weighted by molar-refractivity contribution is 7.85. The molecule has 1 aliphatic carbocycles. The molecule has 4 N–H and O–H groups in total. The SMILES string of the molecule is Cc1ccc(NS(=O)Cc2cccc(C(F)(F)F)c2)c(=O)n1CC(=O)NC1CCc2nc(N)sc2C1. The van der Waals surface area contributed by atoms with Gasteiger partial charge in [-0.15, -0.1) is 11.3 Å². The molecule has 192 valence electrons. The number of hydrogen-bond acceptors (Lipinski definition) is 6. The molecule has 2 unspecified atom stereocenters. The van der Waals surface area contributed by atoms with Crippen molar-refractivity contribution in [2.45, 2.75) is 50.7 Å². The maximum atomic E-state index is 13.0. The number of halogens is 3. The molecule has 2 aromatic heterocycles. The lowest BCUT2D eigenvalue weighted by atomic mass is 9.98. The van der Waals surface area contributed by atoms with Crippen LogP contribution in [0.3, 0.4) is 0 Å². The summed E-state index contributed by atoms with van der Waals surface area (Å²) in [4.78, 5) is 31.0. The fourth-order valence-corrected chi connectivity index (χ4v) is 5.94. The van der Waals surface area contributed by atoms with E-state index < -0.39 is 28.3 Å². The molecule has 0 saturated carbocycles. The van der Waals surface area contributed by atoms with Gasteiger partial charge in [0.05, 0.1) is 17.0 Å². The number of pyridine rings is 1. The second-order valence-electron chi connectivity index (χ2n) is 8.50. The number of nitrogen functional groups attached to an aromatic ring is 1. The van der Waals surface area contributed by atoms with Gasteiger partial charge in [-0.05, 0) is 43.5 Å². The number of thiazole rings is 1. The number of nitrogens with zero attached hydrogens (tertiary/aromatic N) is 2. The van der Waals surface area contributed by atoms with Gasteiger partial charge in [-0.2, -0.15) is 13.2 Å². The highest BCUT2D eigenvalue weighted by Crippen LogP contribution is 2.30. The van der Waals surface area contributed by atoms with Crippen molar-refractivity contribution in [1.82, 2.24) is 14.9 Å². The number of amides is 1. The molecule has 8 nitrogen and oxygen atoms in total. The van der Waals surface area contributed by atoms with Gasteiger partial charge < -0.3 is 15.6 Å². The number of carbonyl (C=O) groups excluding carboxylic acids is 1. The van der Waals surface area contributed by atoms with Crippen LogP contribution in [0.1, 0.15) is 33.8 Å². The number of benzene rings is 1. The quantitative estimate of drug-likeness (QED) is 0.426. The molecular weight excluding hydrogens is 515 g/mol. The average molecular weight is 540 g/mol. The van der Waals surface area contributed by atoms with E-state index in [0.29, 0.717) is 30.1 Å². The topological polar surface area (TPSA) is 119 Å². The van der Waals surface area contributed by atoms with E-state index in [1.54, 1.807) is 13.0 Å². The summed E-state index contributed by atoms with van der Waals surface area (Å²) >= 11 is 1.41. The summed E-state index contributed by atoms with van der Waals surface area (Å²) in [6.45, 7) is 1.44. The van der Waals surface area contributed by atoms with Crippen molar-refractivity contribution >= 4 is 39.0 Å². The van der Waals surface area contributed by atoms with E-state index >= 15 is 0 Å². The van der Waals surface area contributed by atoms with E-state index in [2.05, 4.69) is 15.0 Å². The lowest BCUT2D eigenvalue weighted by molar-refractivity contribution is -0.137. The van der Waals surface area contributed by atoms with Gasteiger partial charge in [0.25, 0.3) is 5.56 Å². The third-order valence-corrected chi connectivity index (χ3v) is 7.78. The molecule has 0 bridgehead atoms. The first-order valence-corrected chi connectivity index (χ1v) is 13.2. The van der Waals surface area contributed by atoms with Crippen molar-refractivity contribution in [2.24, 2.45) is 0 Å². The maximum absolute atomic E-state index is 13.0. The molecule has 0 radical (unpaired) electrons. The minimum atomic E-state index is -4.51. The van der Waals surface area contributed by atoms with Crippen LogP contribution < -0.4 is 21.3 Å². The maximum Gasteiger partial charge on any atom is 0.416 e. The predicted octanol–water partition coefficient (Wildman–Crippen LogP) is 3.16. The zero-order valence-corrected chi connectivity index (χ0v) is 20.9. The monoisotopic (exact) mass is 539 g/mol. The number of nitrogens with one attached hydrogen (secondary N) is 2. The van der Waals surface area contributed by atoms with Gasteiger partial charge in [-0.1, -0.05) is 18.2 Å². The minimum Gasteiger partial charge on any atom is -0.375 e. The Morgan fingerprint density at radius 3 is 2.83 bits per heavy atom. The molecule has 13 heteroatoms. The summed E-state index contributed by atoms with van der Waals surface area (Å²) in [6, 6.07) is 7.47. The number of aryl methyl sites for hydroxylation is 2. The predicted molar refractivity (Wildman–Crippen MR) is 133 cm³/mol. The van der Waals surface area contributed by atoms with E-state index in [0.717, 1.165) is 22.7 Å². The van der Waals surface area contributed by atoms with Gasteiger partial charge in [0, 0.05) is 23.0 Å². The Balaban J connectivity index is 1.40. The van der Waals surface area contributed by atoms with Crippen LogP contribution in [0.5, 0.6) is 0 Å². The first kappa shape index (κ1) is 25.9. The Labute approximate surface area is 211 Å². The third-order valence-electron chi connectivity index (χ3n) is 5.79. The second-order valence-corrected chi connectivity index (χ2v) is 10.8. The van der Waals surface area contributed by atoms with E-state index in [-0.39, 0.29) is 35.5 Å². The van der Waals surface area contributed by atoms with Crippen LogP contribution in [0.4, 0.5) is 24.0 Å². The number of hydrogen-bond donors (Lipinski definition) is 3. The highest BCUT2D eigenvalue weighted by atomic mass is 32.2. The van der Waals surface area contributed by atoms with E-state index in [1.807, 2.05) is 0 Å². The van der Waals surface area contributed by atoms with Crippen LogP contribution in [0.15, 0.2) is 41.2 Å². The Morgan fingerprint density at radius 1 is 1.31 bits per heavy atom. The summed E-state index contributed by atoms with van der Waals surface area (Å²) in [7, 11) is -1.87. The highest BCUT2D eigenvalue weighted by Gasteiger charge is 2.30. The van der Waals surface area contributed by atoms with E-state index in [9.17, 15) is 27.0 Å². The summed E-state index contributed by atoms with van der Waals surface area (Å²) in [5.74, 6) is -0.572. The first-order chi connectivity index (χ1) is 17.0. The van der Waals surface area contributed by atoms with E-state index in [4.69, 9.17) is 5.73 Å².